The maximum Gasteiger partial charge on any atom is 0.242 e. The molecule has 162 valence electrons. The molecule has 2 rings (SSSR count). The van der Waals surface area contributed by atoms with Gasteiger partial charge in [-0.05, 0) is 49.4 Å². The van der Waals surface area contributed by atoms with Crippen LogP contribution in [0.4, 0.5) is 0 Å². The molecule has 0 aliphatic carbocycles. The summed E-state index contributed by atoms with van der Waals surface area (Å²) in [5.74, 6) is -0.0911. The van der Waals surface area contributed by atoms with Crippen molar-refractivity contribution in [1.29, 1.82) is 0 Å². The van der Waals surface area contributed by atoms with Gasteiger partial charge >= 0.3 is 0 Å². The van der Waals surface area contributed by atoms with Gasteiger partial charge in [0.25, 0.3) is 0 Å². The highest BCUT2D eigenvalue weighted by atomic mass is 35.5. The van der Waals surface area contributed by atoms with Crippen LogP contribution in [0.2, 0.25) is 5.02 Å². The lowest BCUT2D eigenvalue weighted by atomic mass is 10.0. The fourth-order valence-electron chi connectivity index (χ4n) is 3.36. The van der Waals surface area contributed by atoms with E-state index >= 15 is 0 Å². The van der Waals surface area contributed by atoms with Crippen molar-refractivity contribution in [2.45, 2.75) is 65.5 Å². The van der Waals surface area contributed by atoms with Crippen LogP contribution >= 0.6 is 11.6 Å². The second-order valence-electron chi connectivity index (χ2n) is 7.70. The van der Waals surface area contributed by atoms with Crippen LogP contribution < -0.4 is 5.32 Å². The molecule has 0 spiro atoms. The third-order valence-corrected chi connectivity index (χ3v) is 5.48. The summed E-state index contributed by atoms with van der Waals surface area (Å²) in [6.07, 6.45) is 3.54. The molecule has 0 saturated heterocycles. The molecular formula is C25H33ClN2O2. The van der Waals surface area contributed by atoms with Crippen LogP contribution in [-0.4, -0.2) is 29.3 Å². The van der Waals surface area contributed by atoms with Crippen LogP contribution in [0.25, 0.3) is 0 Å². The zero-order valence-corrected chi connectivity index (χ0v) is 19.0. The van der Waals surface area contributed by atoms with E-state index in [9.17, 15) is 9.59 Å². The van der Waals surface area contributed by atoms with E-state index < -0.39 is 6.04 Å². The third-order valence-electron chi connectivity index (χ3n) is 5.23. The van der Waals surface area contributed by atoms with Crippen molar-refractivity contribution in [2.75, 3.05) is 6.54 Å². The first-order valence-corrected chi connectivity index (χ1v) is 11.2. The molecule has 5 heteroatoms. The Bertz CT molecular complexity index is 803. The monoisotopic (exact) mass is 428 g/mol. The lowest BCUT2D eigenvalue weighted by Crippen LogP contribution is -2.49. The summed E-state index contributed by atoms with van der Waals surface area (Å²) >= 11 is 6.01. The molecule has 0 bridgehead atoms. The van der Waals surface area contributed by atoms with Crippen LogP contribution in [0.5, 0.6) is 0 Å². The van der Waals surface area contributed by atoms with Crippen molar-refractivity contribution in [3.63, 3.8) is 0 Å². The van der Waals surface area contributed by atoms with Gasteiger partial charge in [0.1, 0.15) is 6.04 Å². The Morgan fingerprint density at radius 2 is 1.63 bits per heavy atom. The second-order valence-corrected chi connectivity index (χ2v) is 8.14. The van der Waals surface area contributed by atoms with Crippen molar-refractivity contribution in [3.05, 3.63) is 70.2 Å². The van der Waals surface area contributed by atoms with Gasteiger partial charge in [0.2, 0.25) is 11.8 Å². The SMILES string of the molecule is CCCCNC(=O)[C@H](CC)N(Cc1ccc(Cl)cc1)C(=O)CCc1ccc(C)cc1. The zero-order chi connectivity index (χ0) is 21.9. The van der Waals surface area contributed by atoms with E-state index in [1.54, 1.807) is 4.90 Å². The van der Waals surface area contributed by atoms with Crippen LogP contribution in [0.15, 0.2) is 48.5 Å². The number of halogens is 1. The van der Waals surface area contributed by atoms with Crippen molar-refractivity contribution in [1.82, 2.24) is 10.2 Å². The largest absolute Gasteiger partial charge is 0.354 e. The number of amides is 2. The molecule has 0 heterocycles. The number of hydrogen-bond donors (Lipinski definition) is 1. The van der Waals surface area contributed by atoms with E-state index in [0.717, 1.165) is 24.0 Å². The number of carbonyl (C=O) groups is 2. The molecule has 2 aromatic rings. The average molecular weight is 429 g/mol. The molecule has 30 heavy (non-hydrogen) atoms. The van der Waals surface area contributed by atoms with E-state index in [1.807, 2.05) is 38.1 Å². The Labute approximate surface area is 185 Å². The van der Waals surface area contributed by atoms with Crippen LogP contribution in [0.1, 0.15) is 56.2 Å². The molecule has 0 fully saturated rings. The van der Waals surface area contributed by atoms with Gasteiger partial charge in [-0.1, -0.05) is 73.8 Å². The highest BCUT2D eigenvalue weighted by Crippen LogP contribution is 2.17. The van der Waals surface area contributed by atoms with E-state index in [-0.39, 0.29) is 11.8 Å². The molecule has 0 unspecified atom stereocenters. The number of hydrogen-bond acceptors (Lipinski definition) is 2. The minimum absolute atomic E-state index is 0.0111. The van der Waals surface area contributed by atoms with Crippen molar-refractivity contribution < 1.29 is 9.59 Å². The van der Waals surface area contributed by atoms with Crippen LogP contribution in [0.3, 0.4) is 0 Å². The molecule has 0 aliphatic rings. The molecule has 0 aromatic heterocycles. The zero-order valence-electron chi connectivity index (χ0n) is 18.3. The molecule has 0 aliphatic heterocycles. The number of nitrogens with zero attached hydrogens (tertiary/aromatic N) is 1. The Balaban J connectivity index is 2.15. The van der Waals surface area contributed by atoms with Crippen molar-refractivity contribution >= 4 is 23.4 Å². The second kappa shape index (κ2) is 12.4. The third kappa shape index (κ3) is 7.49. The summed E-state index contributed by atoms with van der Waals surface area (Å²) in [5.41, 5.74) is 3.29. The van der Waals surface area contributed by atoms with Crippen LogP contribution in [0, 0.1) is 6.92 Å². The van der Waals surface area contributed by atoms with Crippen molar-refractivity contribution in [2.24, 2.45) is 0 Å². The normalized spacial score (nSPS) is 11.7. The van der Waals surface area contributed by atoms with Gasteiger partial charge in [-0.2, -0.15) is 0 Å². The number of unbranched alkanes of at least 4 members (excludes halogenated alkanes) is 1. The summed E-state index contributed by atoms with van der Waals surface area (Å²) in [6, 6.07) is 15.2. The van der Waals surface area contributed by atoms with Crippen molar-refractivity contribution in [3.8, 4) is 0 Å². The van der Waals surface area contributed by atoms with E-state index in [4.69, 9.17) is 11.6 Å². The minimum atomic E-state index is -0.483. The van der Waals surface area contributed by atoms with Gasteiger partial charge in [-0.25, -0.2) is 0 Å². The van der Waals surface area contributed by atoms with E-state index in [2.05, 4.69) is 36.5 Å². The fourth-order valence-corrected chi connectivity index (χ4v) is 3.49. The highest BCUT2D eigenvalue weighted by molar-refractivity contribution is 6.30. The van der Waals surface area contributed by atoms with Gasteiger partial charge in [0.05, 0.1) is 0 Å². The Kier molecular flexibility index (Phi) is 9.88. The van der Waals surface area contributed by atoms with Gasteiger partial charge in [-0.15, -0.1) is 0 Å². The lowest BCUT2D eigenvalue weighted by molar-refractivity contribution is -0.141. The molecule has 0 radical (unpaired) electrons. The summed E-state index contributed by atoms with van der Waals surface area (Å²) in [6.45, 7) is 7.12. The summed E-state index contributed by atoms with van der Waals surface area (Å²) < 4.78 is 0. The smallest absolute Gasteiger partial charge is 0.242 e. The quantitative estimate of drug-likeness (QED) is 0.493. The first-order valence-electron chi connectivity index (χ1n) is 10.8. The Morgan fingerprint density at radius 3 is 2.23 bits per heavy atom. The summed E-state index contributed by atoms with van der Waals surface area (Å²) in [5, 5.41) is 3.64. The highest BCUT2D eigenvalue weighted by Gasteiger charge is 2.28. The first-order chi connectivity index (χ1) is 14.4. The van der Waals surface area contributed by atoms with Gasteiger partial charge in [-0.3, -0.25) is 9.59 Å². The Hall–Kier alpha value is -2.33. The number of aryl methyl sites for hydroxylation is 2. The van der Waals surface area contributed by atoms with E-state index in [0.29, 0.717) is 37.4 Å². The van der Waals surface area contributed by atoms with Gasteiger partial charge in [0, 0.05) is 24.5 Å². The first kappa shape index (κ1) is 23.9. The average Bonchev–Trinajstić information content (AvgIpc) is 2.74. The maximum atomic E-state index is 13.2. The number of benzene rings is 2. The number of carbonyl (C=O) groups excluding carboxylic acids is 2. The molecule has 4 nitrogen and oxygen atoms in total. The summed E-state index contributed by atoms with van der Waals surface area (Å²) in [7, 11) is 0. The standard InChI is InChI=1S/C25H33ClN2O2/c1-4-6-17-27-25(30)23(5-2)28(18-21-11-14-22(26)15-12-21)24(29)16-13-20-9-7-19(3)8-10-20/h7-12,14-15,23H,4-6,13,16-18H2,1-3H3,(H,27,30)/t23-/m0/s1. The molecule has 1 N–H and O–H groups in total. The molecule has 2 amide bonds. The molecule has 1 atom stereocenters. The number of rotatable bonds is 11. The maximum absolute atomic E-state index is 13.2. The topological polar surface area (TPSA) is 49.4 Å². The predicted octanol–water partition coefficient (Wildman–Crippen LogP) is 5.30. The predicted molar refractivity (Wildman–Crippen MR) is 123 cm³/mol. The fraction of sp³-hybridized carbons (Fsp3) is 0.440. The van der Waals surface area contributed by atoms with Gasteiger partial charge in [0.15, 0.2) is 0 Å². The van der Waals surface area contributed by atoms with E-state index in [1.165, 1.54) is 5.56 Å². The number of nitrogens with one attached hydrogen (secondary N) is 1. The lowest BCUT2D eigenvalue weighted by Gasteiger charge is -2.31. The van der Waals surface area contributed by atoms with Gasteiger partial charge < -0.3 is 10.2 Å². The molecular weight excluding hydrogens is 396 g/mol. The summed E-state index contributed by atoms with van der Waals surface area (Å²) in [4.78, 5) is 27.8. The molecule has 2 aromatic carbocycles. The minimum Gasteiger partial charge on any atom is -0.354 e. The molecule has 0 saturated carbocycles. The van der Waals surface area contributed by atoms with Crippen LogP contribution in [-0.2, 0) is 22.6 Å². The Morgan fingerprint density at radius 1 is 1.00 bits per heavy atom.